The quantitative estimate of drug-likeness (QED) is 0.818. The van der Waals surface area contributed by atoms with Crippen molar-refractivity contribution in [2.45, 2.75) is 57.4 Å². The van der Waals surface area contributed by atoms with Crippen LogP contribution >= 0.6 is 0 Å². The standard InChI is InChI=1S/C14H22BNO3/c1-10(2)11-7-8-16-14(9-11)19-13-5-3-12(4-6-13)15(17)18/h7-10,12-13,17-18H,3-6H2,1-2H3. The summed E-state index contributed by atoms with van der Waals surface area (Å²) in [4.78, 5) is 4.25. The van der Waals surface area contributed by atoms with E-state index in [9.17, 15) is 0 Å². The van der Waals surface area contributed by atoms with E-state index in [0.29, 0.717) is 11.8 Å². The van der Waals surface area contributed by atoms with Gasteiger partial charge >= 0.3 is 7.12 Å². The highest BCUT2D eigenvalue weighted by Gasteiger charge is 2.30. The van der Waals surface area contributed by atoms with Crippen LogP contribution in [0.1, 0.15) is 51.0 Å². The summed E-state index contributed by atoms with van der Waals surface area (Å²) in [6, 6.07) is 4.01. The Morgan fingerprint density at radius 2 is 1.95 bits per heavy atom. The maximum absolute atomic E-state index is 9.15. The van der Waals surface area contributed by atoms with E-state index >= 15 is 0 Å². The molecule has 0 spiro atoms. The van der Waals surface area contributed by atoms with Gasteiger partial charge in [-0.1, -0.05) is 13.8 Å². The summed E-state index contributed by atoms with van der Waals surface area (Å²) in [5.74, 6) is 1.14. The van der Waals surface area contributed by atoms with Gasteiger partial charge in [0.15, 0.2) is 0 Å². The number of pyridine rings is 1. The molecular weight excluding hydrogens is 241 g/mol. The summed E-state index contributed by atoms with van der Waals surface area (Å²) in [5.41, 5.74) is 1.23. The summed E-state index contributed by atoms with van der Waals surface area (Å²) in [6.45, 7) is 4.29. The van der Waals surface area contributed by atoms with Gasteiger partial charge in [0.25, 0.3) is 0 Å². The van der Waals surface area contributed by atoms with Gasteiger partial charge in [-0.05, 0) is 49.0 Å². The van der Waals surface area contributed by atoms with Crippen molar-refractivity contribution in [3.05, 3.63) is 23.9 Å². The predicted molar refractivity (Wildman–Crippen MR) is 75.2 cm³/mol. The molecule has 19 heavy (non-hydrogen) atoms. The Hall–Kier alpha value is -1.07. The smallest absolute Gasteiger partial charge is 0.454 e. The molecule has 1 saturated carbocycles. The Kier molecular flexibility index (Phi) is 4.83. The topological polar surface area (TPSA) is 62.6 Å². The Balaban J connectivity index is 1.90. The first-order valence-corrected chi connectivity index (χ1v) is 7.05. The number of hydrogen-bond acceptors (Lipinski definition) is 4. The molecule has 1 aliphatic rings. The molecule has 0 amide bonds. The van der Waals surface area contributed by atoms with Crippen LogP contribution in [-0.2, 0) is 0 Å². The van der Waals surface area contributed by atoms with Crippen molar-refractivity contribution in [3.8, 4) is 5.88 Å². The number of hydrogen-bond donors (Lipinski definition) is 2. The van der Waals surface area contributed by atoms with Crippen molar-refractivity contribution in [1.29, 1.82) is 0 Å². The normalized spacial score (nSPS) is 23.4. The molecule has 2 N–H and O–H groups in total. The molecule has 0 aromatic carbocycles. The monoisotopic (exact) mass is 263 g/mol. The molecule has 0 radical (unpaired) electrons. The van der Waals surface area contributed by atoms with E-state index in [1.807, 2.05) is 12.1 Å². The Labute approximate surface area is 115 Å². The average molecular weight is 263 g/mol. The van der Waals surface area contributed by atoms with E-state index in [-0.39, 0.29) is 11.9 Å². The Bertz CT molecular complexity index is 403. The van der Waals surface area contributed by atoms with Crippen LogP contribution < -0.4 is 4.74 Å². The van der Waals surface area contributed by atoms with Crippen molar-refractivity contribution in [2.75, 3.05) is 0 Å². The average Bonchev–Trinajstić information content (AvgIpc) is 2.39. The minimum absolute atomic E-state index is 0.00481. The second-order valence-electron chi connectivity index (χ2n) is 5.65. The van der Waals surface area contributed by atoms with Crippen LogP contribution in [0.3, 0.4) is 0 Å². The van der Waals surface area contributed by atoms with Crippen LogP contribution in [0.4, 0.5) is 0 Å². The zero-order valence-corrected chi connectivity index (χ0v) is 11.6. The highest BCUT2D eigenvalue weighted by atomic mass is 16.5. The fourth-order valence-corrected chi connectivity index (χ4v) is 2.52. The molecule has 2 rings (SSSR count). The van der Waals surface area contributed by atoms with E-state index in [4.69, 9.17) is 14.8 Å². The van der Waals surface area contributed by atoms with E-state index in [1.165, 1.54) is 5.56 Å². The number of aromatic nitrogens is 1. The van der Waals surface area contributed by atoms with Crippen molar-refractivity contribution in [3.63, 3.8) is 0 Å². The van der Waals surface area contributed by atoms with Gasteiger partial charge in [0.2, 0.25) is 5.88 Å². The van der Waals surface area contributed by atoms with Gasteiger partial charge in [0.05, 0.1) is 0 Å². The van der Waals surface area contributed by atoms with Crippen LogP contribution in [0.25, 0.3) is 0 Å². The fourth-order valence-electron chi connectivity index (χ4n) is 2.52. The summed E-state index contributed by atoms with van der Waals surface area (Å²) in [5, 5.41) is 18.3. The number of ether oxygens (including phenoxy) is 1. The first kappa shape index (κ1) is 14.3. The van der Waals surface area contributed by atoms with Crippen LogP contribution in [0, 0.1) is 0 Å². The second-order valence-corrected chi connectivity index (χ2v) is 5.65. The van der Waals surface area contributed by atoms with Crippen molar-refractivity contribution in [1.82, 2.24) is 4.98 Å². The molecule has 0 bridgehead atoms. The lowest BCUT2D eigenvalue weighted by Gasteiger charge is -2.28. The zero-order valence-electron chi connectivity index (χ0n) is 11.6. The van der Waals surface area contributed by atoms with Crippen LogP contribution in [0.2, 0.25) is 5.82 Å². The molecule has 0 aliphatic heterocycles. The number of nitrogens with zero attached hydrogens (tertiary/aromatic N) is 1. The SMILES string of the molecule is CC(C)c1ccnc(OC2CCC(B(O)O)CC2)c1. The Morgan fingerprint density at radius 3 is 2.53 bits per heavy atom. The van der Waals surface area contributed by atoms with Gasteiger partial charge in [-0.15, -0.1) is 0 Å². The summed E-state index contributed by atoms with van der Waals surface area (Å²) >= 11 is 0. The molecule has 104 valence electrons. The van der Waals surface area contributed by atoms with E-state index in [2.05, 4.69) is 18.8 Å². The highest BCUT2D eigenvalue weighted by molar-refractivity contribution is 6.43. The lowest BCUT2D eigenvalue weighted by atomic mass is 9.65. The maximum atomic E-state index is 9.15. The molecule has 1 aromatic rings. The van der Waals surface area contributed by atoms with E-state index in [1.54, 1.807) is 6.20 Å². The molecule has 1 fully saturated rings. The first-order valence-electron chi connectivity index (χ1n) is 7.05. The minimum Gasteiger partial charge on any atom is -0.474 e. The van der Waals surface area contributed by atoms with Crippen molar-refractivity contribution < 1.29 is 14.8 Å². The molecular formula is C14H22BNO3. The van der Waals surface area contributed by atoms with Crippen molar-refractivity contribution >= 4 is 7.12 Å². The molecule has 5 heteroatoms. The summed E-state index contributed by atoms with van der Waals surface area (Å²) in [6.07, 6.45) is 5.24. The lowest BCUT2D eigenvalue weighted by molar-refractivity contribution is 0.143. The van der Waals surface area contributed by atoms with Gasteiger partial charge in [0, 0.05) is 12.3 Å². The fraction of sp³-hybridized carbons (Fsp3) is 0.643. The van der Waals surface area contributed by atoms with Gasteiger partial charge in [-0.3, -0.25) is 0 Å². The third kappa shape index (κ3) is 3.95. The van der Waals surface area contributed by atoms with Gasteiger partial charge in [0.1, 0.15) is 6.10 Å². The van der Waals surface area contributed by atoms with Crippen LogP contribution in [-0.4, -0.2) is 28.3 Å². The predicted octanol–water partition coefficient (Wildman–Crippen LogP) is 2.37. The molecule has 0 atom stereocenters. The van der Waals surface area contributed by atoms with Gasteiger partial charge in [-0.25, -0.2) is 4.98 Å². The van der Waals surface area contributed by atoms with E-state index in [0.717, 1.165) is 25.7 Å². The third-order valence-corrected chi connectivity index (χ3v) is 3.85. The molecule has 1 heterocycles. The van der Waals surface area contributed by atoms with Crippen LogP contribution in [0.5, 0.6) is 5.88 Å². The first-order chi connectivity index (χ1) is 9.06. The highest BCUT2D eigenvalue weighted by Crippen LogP contribution is 2.32. The summed E-state index contributed by atoms with van der Waals surface area (Å²) in [7, 11) is -1.19. The Morgan fingerprint density at radius 1 is 1.26 bits per heavy atom. The molecule has 1 aromatic heterocycles. The number of rotatable bonds is 4. The zero-order chi connectivity index (χ0) is 13.8. The maximum Gasteiger partial charge on any atom is 0.454 e. The summed E-state index contributed by atoms with van der Waals surface area (Å²) < 4.78 is 5.90. The van der Waals surface area contributed by atoms with E-state index < -0.39 is 7.12 Å². The lowest BCUT2D eigenvalue weighted by Crippen LogP contribution is -2.29. The molecule has 0 saturated heterocycles. The van der Waals surface area contributed by atoms with Crippen molar-refractivity contribution in [2.24, 2.45) is 0 Å². The third-order valence-electron chi connectivity index (χ3n) is 3.85. The molecule has 1 aliphatic carbocycles. The van der Waals surface area contributed by atoms with Crippen LogP contribution in [0.15, 0.2) is 18.3 Å². The largest absolute Gasteiger partial charge is 0.474 e. The van der Waals surface area contributed by atoms with Gasteiger partial charge < -0.3 is 14.8 Å². The van der Waals surface area contributed by atoms with Gasteiger partial charge in [-0.2, -0.15) is 0 Å². The second kappa shape index (κ2) is 6.39. The minimum atomic E-state index is -1.19. The molecule has 4 nitrogen and oxygen atoms in total. The molecule has 0 unspecified atom stereocenters.